The summed E-state index contributed by atoms with van der Waals surface area (Å²) in [6.07, 6.45) is 6.03. The molecule has 8 aromatic rings. The number of hydrogen-bond donors (Lipinski definition) is 0. The van der Waals surface area contributed by atoms with Crippen molar-refractivity contribution in [1.82, 2.24) is 9.38 Å². The summed E-state index contributed by atoms with van der Waals surface area (Å²) in [6, 6.07) is 48.6. The molecule has 0 unspecified atom stereocenters. The SMILES string of the molecule is Cc1ccc(-c2[c-]cccc2)nc1.[Ir+3].[c-]1cc2c(cc1N1C=CN(c3ccccc3)[CH-]1)c1cccc3c4ccccc4n2c13. The van der Waals surface area contributed by atoms with Gasteiger partial charge >= 0.3 is 20.1 Å². The van der Waals surface area contributed by atoms with Crippen LogP contribution >= 0.6 is 0 Å². The molecule has 0 saturated heterocycles. The second-order valence-electron chi connectivity index (χ2n) is 10.7. The predicted molar refractivity (Wildman–Crippen MR) is 178 cm³/mol. The van der Waals surface area contributed by atoms with E-state index >= 15 is 0 Å². The molecule has 0 bridgehead atoms. The van der Waals surface area contributed by atoms with Gasteiger partial charge in [0.15, 0.2) is 0 Å². The monoisotopic (exact) mass is 744 g/mol. The van der Waals surface area contributed by atoms with Crippen molar-refractivity contribution in [2.75, 3.05) is 9.80 Å². The predicted octanol–water partition coefficient (Wildman–Crippen LogP) is 9.41. The number of anilines is 2. The molecular weight excluding hydrogens is 717 g/mol. The van der Waals surface area contributed by atoms with Crippen molar-refractivity contribution in [3.8, 4) is 11.3 Å². The van der Waals surface area contributed by atoms with Crippen LogP contribution < -0.4 is 9.80 Å². The molecule has 44 heavy (non-hydrogen) atoms. The van der Waals surface area contributed by atoms with Crippen molar-refractivity contribution in [2.24, 2.45) is 0 Å². The van der Waals surface area contributed by atoms with E-state index in [0.29, 0.717) is 0 Å². The van der Waals surface area contributed by atoms with Gasteiger partial charge in [0, 0.05) is 33.7 Å². The topological polar surface area (TPSA) is 23.8 Å². The van der Waals surface area contributed by atoms with Crippen LogP contribution in [0.4, 0.5) is 11.4 Å². The first kappa shape index (κ1) is 27.8. The Morgan fingerprint density at radius 2 is 1.41 bits per heavy atom. The van der Waals surface area contributed by atoms with E-state index in [1.165, 1.54) is 43.7 Å². The summed E-state index contributed by atoms with van der Waals surface area (Å²) in [5.74, 6) is 0. The Morgan fingerprint density at radius 1 is 0.659 bits per heavy atom. The molecule has 3 aromatic heterocycles. The molecule has 0 spiro atoms. The number of aryl methyl sites for hydroxylation is 1. The van der Waals surface area contributed by atoms with Crippen molar-refractivity contribution in [3.63, 3.8) is 0 Å². The average Bonchev–Trinajstić information content (AvgIpc) is 3.79. The molecule has 5 aromatic carbocycles. The van der Waals surface area contributed by atoms with E-state index < -0.39 is 0 Å². The number of aromatic nitrogens is 2. The first-order valence-corrected chi connectivity index (χ1v) is 14.4. The van der Waals surface area contributed by atoms with Crippen LogP contribution in [0.3, 0.4) is 0 Å². The second kappa shape index (κ2) is 11.6. The molecule has 4 heterocycles. The van der Waals surface area contributed by atoms with Gasteiger partial charge in [0.1, 0.15) is 0 Å². The van der Waals surface area contributed by atoms with Crippen LogP contribution in [0.2, 0.25) is 0 Å². The van der Waals surface area contributed by atoms with E-state index in [9.17, 15) is 0 Å². The van der Waals surface area contributed by atoms with Gasteiger partial charge in [-0.15, -0.1) is 59.7 Å². The molecule has 0 N–H and O–H groups in total. The Bertz CT molecular complexity index is 2220. The Morgan fingerprint density at radius 3 is 2.20 bits per heavy atom. The van der Waals surface area contributed by atoms with E-state index in [-0.39, 0.29) is 20.1 Å². The summed E-state index contributed by atoms with van der Waals surface area (Å²) in [4.78, 5) is 8.57. The summed E-state index contributed by atoms with van der Waals surface area (Å²) < 4.78 is 2.38. The van der Waals surface area contributed by atoms with Gasteiger partial charge in [0.2, 0.25) is 0 Å². The summed E-state index contributed by atoms with van der Waals surface area (Å²) in [6.45, 7) is 4.13. The van der Waals surface area contributed by atoms with Crippen molar-refractivity contribution in [3.05, 3.63) is 164 Å². The van der Waals surface area contributed by atoms with Gasteiger partial charge < -0.3 is 19.2 Å². The number of rotatable bonds is 3. The molecule has 0 aliphatic carbocycles. The van der Waals surface area contributed by atoms with Gasteiger partial charge in [0.05, 0.1) is 0 Å². The summed E-state index contributed by atoms with van der Waals surface area (Å²) in [7, 11) is 0. The van der Waals surface area contributed by atoms with Crippen LogP contribution in [0.1, 0.15) is 5.56 Å². The molecule has 9 rings (SSSR count). The first-order chi connectivity index (χ1) is 21.2. The zero-order valence-electron chi connectivity index (χ0n) is 24.0. The van der Waals surface area contributed by atoms with Gasteiger partial charge in [-0.25, -0.2) is 0 Å². The summed E-state index contributed by atoms with van der Waals surface area (Å²) >= 11 is 0. The maximum absolute atomic E-state index is 4.32. The quantitative estimate of drug-likeness (QED) is 0.169. The van der Waals surface area contributed by atoms with Crippen LogP contribution in [0.15, 0.2) is 140 Å². The van der Waals surface area contributed by atoms with Gasteiger partial charge in [0.25, 0.3) is 0 Å². The molecule has 1 aliphatic rings. The Hall–Kier alpha value is -4.96. The van der Waals surface area contributed by atoms with Crippen LogP contribution in [0, 0.1) is 25.7 Å². The number of para-hydroxylation sites is 3. The number of pyridine rings is 1. The smallest absolute Gasteiger partial charge is 0.500 e. The fourth-order valence-electron chi connectivity index (χ4n) is 5.94. The minimum absolute atomic E-state index is 0. The average molecular weight is 744 g/mol. The van der Waals surface area contributed by atoms with E-state index in [2.05, 4.69) is 135 Å². The molecular formula is C39H27IrN4. The first-order valence-electron chi connectivity index (χ1n) is 14.4. The normalized spacial score (nSPS) is 12.7. The van der Waals surface area contributed by atoms with Gasteiger partial charge in [-0.2, -0.15) is 12.1 Å². The maximum atomic E-state index is 4.32. The van der Waals surface area contributed by atoms with E-state index in [4.69, 9.17) is 0 Å². The van der Waals surface area contributed by atoms with E-state index in [1.54, 1.807) is 0 Å². The van der Waals surface area contributed by atoms with Crippen molar-refractivity contribution in [1.29, 1.82) is 0 Å². The zero-order valence-corrected chi connectivity index (χ0v) is 26.4. The molecule has 0 saturated carbocycles. The van der Waals surface area contributed by atoms with Gasteiger partial charge in [-0.1, -0.05) is 72.2 Å². The van der Waals surface area contributed by atoms with Gasteiger partial charge in [-0.3, -0.25) is 0 Å². The largest absolute Gasteiger partial charge is 3.00 e. The van der Waals surface area contributed by atoms with Crippen LogP contribution in [-0.2, 0) is 20.1 Å². The standard InChI is InChI=1S/C27H17N3.C12H10N.Ir/c1-2-7-19(8-3-1)28-15-16-29(18-28)20-13-14-26-24(17-20)23-11-6-10-22-21-9-4-5-12-25(21)30(26)27(22)23;1-10-7-8-12(13-9-10)11-5-3-2-4-6-11;/h1-12,14-18H;2-5,7-9H,1H3;/q-2;-1;+3. The Kier molecular flexibility index (Phi) is 7.35. The molecule has 212 valence electrons. The number of fused-ring (bicyclic) bond motifs is 6. The van der Waals surface area contributed by atoms with Gasteiger partial charge in [-0.05, 0) is 54.2 Å². The summed E-state index contributed by atoms with van der Waals surface area (Å²) in [5.41, 5.74) is 9.14. The molecule has 0 atom stereocenters. The van der Waals surface area contributed by atoms with E-state index in [1.807, 2.05) is 49.5 Å². The molecule has 5 heteroatoms. The minimum Gasteiger partial charge on any atom is -0.500 e. The van der Waals surface area contributed by atoms with Crippen molar-refractivity contribution < 1.29 is 20.1 Å². The molecule has 0 radical (unpaired) electrons. The number of nitrogens with zero attached hydrogens (tertiary/aromatic N) is 4. The van der Waals surface area contributed by atoms with Crippen LogP contribution in [0.5, 0.6) is 0 Å². The van der Waals surface area contributed by atoms with E-state index in [0.717, 1.165) is 22.6 Å². The molecule has 0 amide bonds. The van der Waals surface area contributed by atoms with Crippen molar-refractivity contribution >= 4 is 49.5 Å². The third-order valence-electron chi connectivity index (χ3n) is 8.01. The van der Waals surface area contributed by atoms with Crippen molar-refractivity contribution in [2.45, 2.75) is 6.92 Å². The fraction of sp³-hybridized carbons (Fsp3) is 0.0256. The fourth-order valence-corrected chi connectivity index (χ4v) is 5.94. The number of hydrogen-bond acceptors (Lipinski definition) is 3. The third kappa shape index (κ3) is 4.81. The molecule has 0 fully saturated rings. The molecule has 1 aliphatic heterocycles. The maximum Gasteiger partial charge on any atom is 3.00 e. The van der Waals surface area contributed by atoms with Crippen LogP contribution in [0.25, 0.3) is 49.4 Å². The molecule has 4 nitrogen and oxygen atoms in total. The zero-order chi connectivity index (χ0) is 28.8. The Balaban J connectivity index is 0.000000189. The minimum atomic E-state index is 0. The number of benzene rings is 5. The third-order valence-corrected chi connectivity index (χ3v) is 8.01. The Labute approximate surface area is 270 Å². The summed E-state index contributed by atoms with van der Waals surface area (Å²) in [5, 5.41) is 5.16. The van der Waals surface area contributed by atoms with Crippen LogP contribution in [-0.4, -0.2) is 9.38 Å². The second-order valence-corrected chi connectivity index (χ2v) is 10.7.